The van der Waals surface area contributed by atoms with Gasteiger partial charge in [0, 0.05) is 5.92 Å². The minimum absolute atomic E-state index is 0.123. The van der Waals surface area contributed by atoms with Gasteiger partial charge >= 0.3 is 0 Å². The third-order valence-corrected chi connectivity index (χ3v) is 4.73. The molecule has 1 aliphatic rings. The zero-order chi connectivity index (χ0) is 18.0. The van der Waals surface area contributed by atoms with Gasteiger partial charge in [0.1, 0.15) is 5.75 Å². The van der Waals surface area contributed by atoms with Crippen LogP contribution in [0, 0.1) is 18.8 Å². The van der Waals surface area contributed by atoms with Crippen LogP contribution in [-0.2, 0) is 16.0 Å². The van der Waals surface area contributed by atoms with E-state index in [2.05, 4.69) is 0 Å². The summed E-state index contributed by atoms with van der Waals surface area (Å²) in [6.07, 6.45) is 0.583. The maximum Gasteiger partial charge on any atom is 0.238 e. The highest BCUT2D eigenvalue weighted by molar-refractivity contribution is 6.22. The van der Waals surface area contributed by atoms with Crippen molar-refractivity contribution in [3.05, 3.63) is 59.7 Å². The molecule has 4 nitrogen and oxygen atoms in total. The number of rotatable bonds is 5. The molecule has 2 aromatic carbocycles. The van der Waals surface area contributed by atoms with Gasteiger partial charge in [-0.25, -0.2) is 0 Å². The van der Waals surface area contributed by atoms with E-state index >= 15 is 0 Å². The summed E-state index contributed by atoms with van der Waals surface area (Å²) in [5.74, 6) is -0.162. The summed E-state index contributed by atoms with van der Waals surface area (Å²) in [6, 6.07) is 15.2. The second-order valence-corrected chi connectivity index (χ2v) is 6.52. The van der Waals surface area contributed by atoms with Gasteiger partial charge in [-0.3, -0.25) is 14.5 Å². The Kier molecular flexibility index (Phi) is 4.88. The van der Waals surface area contributed by atoms with E-state index in [1.807, 2.05) is 45.0 Å². The van der Waals surface area contributed by atoms with Crippen molar-refractivity contribution in [3.8, 4) is 5.75 Å². The number of hydrogen-bond acceptors (Lipinski definition) is 3. The molecule has 0 N–H and O–H groups in total. The average molecular weight is 337 g/mol. The summed E-state index contributed by atoms with van der Waals surface area (Å²) in [5, 5.41) is 0. The summed E-state index contributed by atoms with van der Waals surface area (Å²) >= 11 is 0. The van der Waals surface area contributed by atoms with Gasteiger partial charge in [-0.05, 0) is 50.1 Å². The SMILES string of the molecule is CCOc1ccc(N2C(=O)[C@@H](Cc3ccc(C)cc3)[C@@H](C)C2=O)cc1. The van der Waals surface area contributed by atoms with Crippen LogP contribution >= 0.6 is 0 Å². The minimum Gasteiger partial charge on any atom is -0.494 e. The molecule has 0 saturated carbocycles. The standard InChI is InChI=1S/C21H23NO3/c1-4-25-18-11-9-17(10-12-18)22-20(23)15(3)19(21(22)24)13-16-7-5-14(2)6-8-16/h5-12,15,19H,4,13H2,1-3H3/t15-,19+/m1/s1. The first kappa shape index (κ1) is 17.2. The van der Waals surface area contributed by atoms with Gasteiger partial charge in [-0.2, -0.15) is 0 Å². The third kappa shape index (κ3) is 3.43. The Bertz CT molecular complexity index is 765. The maximum absolute atomic E-state index is 12.9. The van der Waals surface area contributed by atoms with E-state index in [1.54, 1.807) is 24.3 Å². The van der Waals surface area contributed by atoms with Crippen molar-refractivity contribution in [2.24, 2.45) is 11.8 Å². The largest absolute Gasteiger partial charge is 0.494 e. The van der Waals surface area contributed by atoms with Gasteiger partial charge < -0.3 is 4.74 Å². The van der Waals surface area contributed by atoms with Crippen LogP contribution in [0.2, 0.25) is 0 Å². The van der Waals surface area contributed by atoms with Crippen molar-refractivity contribution in [1.29, 1.82) is 0 Å². The van der Waals surface area contributed by atoms with Crippen molar-refractivity contribution in [2.45, 2.75) is 27.2 Å². The highest BCUT2D eigenvalue weighted by atomic mass is 16.5. The summed E-state index contributed by atoms with van der Waals surface area (Å²) in [5.41, 5.74) is 2.87. The number of amides is 2. The number of carbonyl (C=O) groups is 2. The lowest BCUT2D eigenvalue weighted by molar-refractivity contribution is -0.122. The molecule has 2 aromatic rings. The van der Waals surface area contributed by atoms with E-state index in [4.69, 9.17) is 4.74 Å². The maximum atomic E-state index is 12.9. The number of imide groups is 1. The van der Waals surface area contributed by atoms with Crippen molar-refractivity contribution in [3.63, 3.8) is 0 Å². The molecule has 0 aliphatic carbocycles. The second-order valence-electron chi connectivity index (χ2n) is 6.52. The molecule has 3 rings (SSSR count). The van der Waals surface area contributed by atoms with E-state index < -0.39 is 0 Å². The highest BCUT2D eigenvalue weighted by Gasteiger charge is 2.45. The highest BCUT2D eigenvalue weighted by Crippen LogP contribution is 2.33. The molecular formula is C21H23NO3. The number of nitrogens with zero attached hydrogens (tertiary/aromatic N) is 1. The smallest absolute Gasteiger partial charge is 0.238 e. The van der Waals surface area contributed by atoms with E-state index in [1.165, 1.54) is 10.5 Å². The molecule has 1 aliphatic heterocycles. The van der Waals surface area contributed by atoms with Gasteiger partial charge in [0.2, 0.25) is 11.8 Å². The van der Waals surface area contributed by atoms with Crippen LogP contribution in [0.4, 0.5) is 5.69 Å². The molecule has 0 radical (unpaired) electrons. The third-order valence-electron chi connectivity index (χ3n) is 4.73. The van der Waals surface area contributed by atoms with E-state index in [0.717, 1.165) is 11.3 Å². The van der Waals surface area contributed by atoms with Gasteiger partial charge in [0.05, 0.1) is 18.2 Å². The molecule has 0 aromatic heterocycles. The number of anilines is 1. The Labute approximate surface area is 148 Å². The first-order valence-electron chi connectivity index (χ1n) is 8.67. The molecular weight excluding hydrogens is 314 g/mol. The molecule has 1 saturated heterocycles. The quantitative estimate of drug-likeness (QED) is 0.781. The number of carbonyl (C=O) groups excluding carboxylic acids is 2. The fraction of sp³-hybridized carbons (Fsp3) is 0.333. The van der Waals surface area contributed by atoms with Crippen LogP contribution in [0.1, 0.15) is 25.0 Å². The number of ether oxygens (including phenoxy) is 1. The van der Waals surface area contributed by atoms with Crippen LogP contribution in [0.5, 0.6) is 5.75 Å². The Balaban J connectivity index is 1.81. The monoisotopic (exact) mass is 337 g/mol. The lowest BCUT2D eigenvalue weighted by atomic mass is 9.90. The number of aryl methyl sites for hydroxylation is 1. The van der Waals surface area contributed by atoms with Crippen molar-refractivity contribution in [1.82, 2.24) is 0 Å². The van der Waals surface area contributed by atoms with Gasteiger partial charge in [0.25, 0.3) is 0 Å². The first-order chi connectivity index (χ1) is 12.0. The van der Waals surface area contributed by atoms with Crippen molar-refractivity contribution in [2.75, 3.05) is 11.5 Å². The van der Waals surface area contributed by atoms with E-state index in [-0.39, 0.29) is 23.7 Å². The molecule has 25 heavy (non-hydrogen) atoms. The summed E-state index contributed by atoms with van der Waals surface area (Å²) in [7, 11) is 0. The van der Waals surface area contributed by atoms with Crippen molar-refractivity contribution < 1.29 is 14.3 Å². The molecule has 4 heteroatoms. The molecule has 1 heterocycles. The normalized spacial score (nSPS) is 20.2. The average Bonchev–Trinajstić information content (AvgIpc) is 2.82. The van der Waals surface area contributed by atoms with Crippen LogP contribution in [0.15, 0.2) is 48.5 Å². The lowest BCUT2D eigenvalue weighted by Gasteiger charge is -2.15. The molecule has 1 fully saturated rings. The molecule has 130 valence electrons. The number of benzene rings is 2. The molecule has 0 unspecified atom stereocenters. The summed E-state index contributed by atoms with van der Waals surface area (Å²) in [6.45, 7) is 6.37. The van der Waals surface area contributed by atoms with E-state index in [9.17, 15) is 9.59 Å². The Hall–Kier alpha value is -2.62. The molecule has 0 bridgehead atoms. The summed E-state index contributed by atoms with van der Waals surface area (Å²) < 4.78 is 5.42. The lowest BCUT2D eigenvalue weighted by Crippen LogP contribution is -2.31. The Morgan fingerprint density at radius 3 is 2.20 bits per heavy atom. The predicted molar refractivity (Wildman–Crippen MR) is 97.6 cm³/mol. The van der Waals surface area contributed by atoms with E-state index in [0.29, 0.717) is 18.7 Å². The molecule has 2 atom stereocenters. The minimum atomic E-state index is -0.319. The van der Waals surface area contributed by atoms with Gasteiger partial charge in [0.15, 0.2) is 0 Å². The fourth-order valence-electron chi connectivity index (χ4n) is 3.22. The summed E-state index contributed by atoms with van der Waals surface area (Å²) in [4.78, 5) is 26.9. The predicted octanol–water partition coefficient (Wildman–Crippen LogP) is 3.76. The van der Waals surface area contributed by atoms with Crippen LogP contribution in [0.25, 0.3) is 0 Å². The van der Waals surface area contributed by atoms with Crippen LogP contribution in [0.3, 0.4) is 0 Å². The Morgan fingerprint density at radius 2 is 1.60 bits per heavy atom. The fourth-order valence-corrected chi connectivity index (χ4v) is 3.22. The number of hydrogen-bond donors (Lipinski definition) is 0. The molecule has 0 spiro atoms. The zero-order valence-electron chi connectivity index (χ0n) is 14.9. The van der Waals surface area contributed by atoms with Gasteiger partial charge in [-0.15, -0.1) is 0 Å². The van der Waals surface area contributed by atoms with Gasteiger partial charge in [-0.1, -0.05) is 36.8 Å². The molecule has 2 amide bonds. The van der Waals surface area contributed by atoms with Crippen molar-refractivity contribution >= 4 is 17.5 Å². The van der Waals surface area contributed by atoms with Crippen LogP contribution < -0.4 is 9.64 Å². The Morgan fingerprint density at radius 1 is 0.960 bits per heavy atom. The zero-order valence-corrected chi connectivity index (χ0v) is 14.9. The topological polar surface area (TPSA) is 46.6 Å². The van der Waals surface area contributed by atoms with Crippen LogP contribution in [-0.4, -0.2) is 18.4 Å². The second kappa shape index (κ2) is 7.09. The first-order valence-corrected chi connectivity index (χ1v) is 8.67.